The van der Waals surface area contributed by atoms with Crippen LogP contribution in [0, 0.1) is 0 Å². The Morgan fingerprint density at radius 2 is 2.15 bits per heavy atom. The molecule has 20 heavy (non-hydrogen) atoms. The van der Waals surface area contributed by atoms with E-state index in [-0.39, 0.29) is 6.54 Å². The van der Waals surface area contributed by atoms with Gasteiger partial charge in [-0.1, -0.05) is 18.2 Å². The average Bonchev–Trinajstić information content (AvgIpc) is 2.96. The summed E-state index contributed by atoms with van der Waals surface area (Å²) in [6.45, 7) is 0.406. The Balaban J connectivity index is 1.75. The molecule has 1 unspecified atom stereocenters. The van der Waals surface area contributed by atoms with Crippen molar-refractivity contribution in [3.05, 3.63) is 34.5 Å². The standard InChI is InChI=1S/C14H18N2O3S/c17-12(15-9-11-5-4-8-20-11)13(18)16-10-14(19)6-2-1-3-7-14/h2,4-6,8,19H,1,3,7,9-10H2,(H,15,17)(H,16,18). The van der Waals surface area contributed by atoms with Crippen LogP contribution in [0.4, 0.5) is 0 Å². The van der Waals surface area contributed by atoms with Crippen LogP contribution in [0.2, 0.25) is 0 Å². The van der Waals surface area contributed by atoms with Gasteiger partial charge in [0.15, 0.2) is 0 Å². The maximum atomic E-state index is 11.6. The SMILES string of the molecule is O=C(NCc1cccs1)C(=O)NCC1(O)C=CCCC1. The van der Waals surface area contributed by atoms with Crippen molar-refractivity contribution in [1.29, 1.82) is 0 Å². The fraction of sp³-hybridized carbons (Fsp3) is 0.429. The third kappa shape index (κ3) is 4.18. The number of carbonyl (C=O) groups excluding carboxylic acids is 2. The lowest BCUT2D eigenvalue weighted by Crippen LogP contribution is -2.47. The molecule has 0 fully saturated rings. The number of amides is 2. The van der Waals surface area contributed by atoms with Crippen molar-refractivity contribution in [3.63, 3.8) is 0 Å². The normalized spacial score (nSPS) is 21.4. The van der Waals surface area contributed by atoms with Crippen LogP contribution in [0.15, 0.2) is 29.7 Å². The number of carbonyl (C=O) groups is 2. The first kappa shape index (κ1) is 14.7. The highest BCUT2D eigenvalue weighted by molar-refractivity contribution is 7.09. The predicted octanol–water partition coefficient (Wildman–Crippen LogP) is 0.952. The highest BCUT2D eigenvalue weighted by Gasteiger charge is 2.26. The van der Waals surface area contributed by atoms with Gasteiger partial charge in [0.1, 0.15) is 5.60 Å². The predicted molar refractivity (Wildman–Crippen MR) is 77.1 cm³/mol. The van der Waals surface area contributed by atoms with Crippen LogP contribution in [0.1, 0.15) is 24.1 Å². The molecule has 2 rings (SSSR count). The highest BCUT2D eigenvalue weighted by atomic mass is 32.1. The van der Waals surface area contributed by atoms with Gasteiger partial charge in [0, 0.05) is 4.88 Å². The van der Waals surface area contributed by atoms with E-state index in [4.69, 9.17) is 0 Å². The minimum absolute atomic E-state index is 0.0642. The Kier molecular flexibility index (Phi) is 4.92. The van der Waals surface area contributed by atoms with Gasteiger partial charge in [0.2, 0.25) is 0 Å². The third-order valence-electron chi connectivity index (χ3n) is 3.17. The topological polar surface area (TPSA) is 78.4 Å². The van der Waals surface area contributed by atoms with Gasteiger partial charge in [0.25, 0.3) is 0 Å². The van der Waals surface area contributed by atoms with Gasteiger partial charge in [-0.05, 0) is 30.7 Å². The smallest absolute Gasteiger partial charge is 0.309 e. The number of allylic oxidation sites excluding steroid dienone is 1. The second-order valence-electron chi connectivity index (χ2n) is 4.84. The Morgan fingerprint density at radius 3 is 2.80 bits per heavy atom. The zero-order valence-corrected chi connectivity index (χ0v) is 11.9. The first-order chi connectivity index (χ1) is 9.59. The van der Waals surface area contributed by atoms with E-state index in [2.05, 4.69) is 10.6 Å². The molecule has 1 aromatic heterocycles. The number of hydrogen-bond acceptors (Lipinski definition) is 4. The number of thiophene rings is 1. The molecule has 0 spiro atoms. The van der Waals surface area contributed by atoms with Crippen molar-refractivity contribution >= 4 is 23.2 Å². The van der Waals surface area contributed by atoms with E-state index in [0.717, 1.165) is 17.7 Å². The van der Waals surface area contributed by atoms with Crippen LogP contribution in [-0.4, -0.2) is 29.1 Å². The summed E-state index contributed by atoms with van der Waals surface area (Å²) in [6.07, 6.45) is 6.01. The second-order valence-corrected chi connectivity index (χ2v) is 5.88. The zero-order valence-electron chi connectivity index (χ0n) is 11.1. The molecule has 0 aliphatic heterocycles. The molecule has 1 aromatic rings. The van der Waals surface area contributed by atoms with Gasteiger partial charge in [-0.3, -0.25) is 9.59 Å². The van der Waals surface area contributed by atoms with Gasteiger partial charge >= 0.3 is 11.8 Å². The highest BCUT2D eigenvalue weighted by Crippen LogP contribution is 2.20. The van der Waals surface area contributed by atoms with E-state index in [1.807, 2.05) is 23.6 Å². The molecule has 0 aromatic carbocycles. The molecule has 1 atom stereocenters. The summed E-state index contributed by atoms with van der Waals surface area (Å²) in [5, 5.41) is 17.1. The summed E-state index contributed by atoms with van der Waals surface area (Å²) in [7, 11) is 0. The maximum absolute atomic E-state index is 11.6. The summed E-state index contributed by atoms with van der Waals surface area (Å²) < 4.78 is 0. The summed E-state index contributed by atoms with van der Waals surface area (Å²) in [6, 6.07) is 3.77. The molecule has 6 heteroatoms. The Bertz CT molecular complexity index is 499. The molecular formula is C14H18N2O3S. The van der Waals surface area contributed by atoms with Crippen LogP contribution < -0.4 is 10.6 Å². The van der Waals surface area contributed by atoms with Crippen molar-refractivity contribution in [2.45, 2.75) is 31.4 Å². The van der Waals surface area contributed by atoms with Crippen molar-refractivity contribution in [3.8, 4) is 0 Å². The van der Waals surface area contributed by atoms with E-state index in [1.54, 1.807) is 6.08 Å². The van der Waals surface area contributed by atoms with E-state index in [0.29, 0.717) is 13.0 Å². The molecule has 0 saturated carbocycles. The quantitative estimate of drug-likeness (QED) is 0.571. The first-order valence-electron chi connectivity index (χ1n) is 6.58. The maximum Gasteiger partial charge on any atom is 0.309 e. The molecule has 0 saturated heterocycles. The molecule has 1 aliphatic rings. The third-order valence-corrected chi connectivity index (χ3v) is 4.05. The van der Waals surface area contributed by atoms with Crippen molar-refractivity contribution in [2.75, 3.05) is 6.54 Å². The molecule has 108 valence electrons. The fourth-order valence-corrected chi connectivity index (χ4v) is 2.68. The Labute approximate surface area is 121 Å². The largest absolute Gasteiger partial charge is 0.384 e. The van der Waals surface area contributed by atoms with Crippen LogP contribution in [0.3, 0.4) is 0 Å². The number of rotatable bonds is 4. The minimum Gasteiger partial charge on any atom is -0.384 e. The summed E-state index contributed by atoms with van der Waals surface area (Å²) in [5.74, 6) is -1.39. The summed E-state index contributed by atoms with van der Waals surface area (Å²) in [4.78, 5) is 24.2. The number of aliphatic hydroxyl groups is 1. The Morgan fingerprint density at radius 1 is 1.35 bits per heavy atom. The van der Waals surface area contributed by atoms with Gasteiger partial charge in [0.05, 0.1) is 13.1 Å². The molecule has 0 radical (unpaired) electrons. The average molecular weight is 294 g/mol. The van der Waals surface area contributed by atoms with E-state index >= 15 is 0 Å². The lowest BCUT2D eigenvalue weighted by molar-refractivity contribution is -0.139. The molecule has 2 amide bonds. The second kappa shape index (κ2) is 6.67. The van der Waals surface area contributed by atoms with E-state index < -0.39 is 17.4 Å². The van der Waals surface area contributed by atoms with Crippen LogP contribution in [0.5, 0.6) is 0 Å². The van der Waals surface area contributed by atoms with Crippen molar-refractivity contribution < 1.29 is 14.7 Å². The minimum atomic E-state index is -1.03. The van der Waals surface area contributed by atoms with E-state index in [9.17, 15) is 14.7 Å². The lowest BCUT2D eigenvalue weighted by atomic mass is 9.91. The fourth-order valence-electron chi connectivity index (χ4n) is 2.03. The summed E-state index contributed by atoms with van der Waals surface area (Å²) in [5.41, 5.74) is -1.03. The van der Waals surface area contributed by atoms with Crippen molar-refractivity contribution in [2.24, 2.45) is 0 Å². The zero-order chi connectivity index (χ0) is 14.4. The monoisotopic (exact) mass is 294 g/mol. The Hall–Kier alpha value is -1.66. The van der Waals surface area contributed by atoms with Gasteiger partial charge < -0.3 is 15.7 Å². The van der Waals surface area contributed by atoms with Gasteiger partial charge in [-0.15, -0.1) is 11.3 Å². The molecule has 0 bridgehead atoms. The molecule has 5 nitrogen and oxygen atoms in total. The molecule has 1 heterocycles. The molecule has 1 aliphatic carbocycles. The van der Waals surface area contributed by atoms with Crippen LogP contribution >= 0.6 is 11.3 Å². The molecule has 3 N–H and O–H groups in total. The van der Waals surface area contributed by atoms with E-state index in [1.165, 1.54) is 11.3 Å². The van der Waals surface area contributed by atoms with Gasteiger partial charge in [-0.2, -0.15) is 0 Å². The van der Waals surface area contributed by atoms with Crippen LogP contribution in [0.25, 0.3) is 0 Å². The lowest BCUT2D eigenvalue weighted by Gasteiger charge is -2.27. The number of hydrogen-bond donors (Lipinski definition) is 3. The molecular weight excluding hydrogens is 276 g/mol. The summed E-state index contributed by atoms with van der Waals surface area (Å²) >= 11 is 1.52. The van der Waals surface area contributed by atoms with Gasteiger partial charge in [-0.25, -0.2) is 0 Å². The number of nitrogens with one attached hydrogen (secondary N) is 2. The van der Waals surface area contributed by atoms with Crippen molar-refractivity contribution in [1.82, 2.24) is 10.6 Å². The first-order valence-corrected chi connectivity index (χ1v) is 7.45. The van der Waals surface area contributed by atoms with Crippen LogP contribution in [-0.2, 0) is 16.1 Å².